The van der Waals surface area contributed by atoms with Gasteiger partial charge in [-0.3, -0.25) is 9.69 Å². The van der Waals surface area contributed by atoms with Gasteiger partial charge in [0.2, 0.25) is 0 Å². The number of aliphatic hydroxyl groups excluding tert-OH is 1. The Balaban J connectivity index is 1.41. The number of anilines is 1. The van der Waals surface area contributed by atoms with E-state index in [1.54, 1.807) is 74.5 Å². The first-order valence-corrected chi connectivity index (χ1v) is 14.4. The van der Waals surface area contributed by atoms with E-state index in [9.17, 15) is 14.7 Å². The molecule has 2 amide bonds. The molecule has 4 heterocycles. The number of ether oxygens (including phenoxy) is 1. The molecular weight excluding hydrogens is 565 g/mol. The van der Waals surface area contributed by atoms with Crippen molar-refractivity contribution in [3.63, 3.8) is 0 Å². The number of rotatable bonds is 5. The molecule has 0 unspecified atom stereocenters. The van der Waals surface area contributed by atoms with Crippen molar-refractivity contribution in [2.45, 2.75) is 51.9 Å². The minimum atomic E-state index is -0.750. The van der Waals surface area contributed by atoms with Gasteiger partial charge < -0.3 is 14.7 Å². The van der Waals surface area contributed by atoms with Crippen LogP contribution in [0.15, 0.2) is 67.0 Å². The van der Waals surface area contributed by atoms with Gasteiger partial charge in [-0.1, -0.05) is 17.3 Å². The molecule has 1 atom stereocenters. The van der Waals surface area contributed by atoms with Gasteiger partial charge in [-0.15, -0.1) is 5.10 Å². The second kappa shape index (κ2) is 11.6. The fraction of sp³-hybridized carbons (Fsp3) is 0.312. The van der Waals surface area contributed by atoms with E-state index < -0.39 is 29.5 Å². The van der Waals surface area contributed by atoms with Crippen molar-refractivity contribution in [3.8, 4) is 5.69 Å². The summed E-state index contributed by atoms with van der Waals surface area (Å²) in [6.45, 7) is 5.91. The number of piperidine rings is 1. The van der Waals surface area contributed by atoms with Crippen molar-refractivity contribution in [1.82, 2.24) is 29.9 Å². The Labute approximate surface area is 252 Å². The van der Waals surface area contributed by atoms with Crippen LogP contribution in [0.5, 0.6) is 0 Å². The molecule has 0 spiro atoms. The van der Waals surface area contributed by atoms with Crippen LogP contribution in [0.25, 0.3) is 27.6 Å². The van der Waals surface area contributed by atoms with Gasteiger partial charge in [0, 0.05) is 36.9 Å². The van der Waals surface area contributed by atoms with E-state index in [2.05, 4.69) is 20.3 Å². The van der Waals surface area contributed by atoms with Crippen LogP contribution in [0, 0.1) is 5.82 Å². The lowest BCUT2D eigenvalue weighted by Crippen LogP contribution is -2.53. The van der Waals surface area contributed by atoms with E-state index in [1.807, 2.05) is 6.07 Å². The van der Waals surface area contributed by atoms with Crippen LogP contribution >= 0.6 is 0 Å². The zero-order chi connectivity index (χ0) is 31.0. The maximum Gasteiger partial charge on any atom is 0.410 e. The molecular formula is C32H32FN7O4. The number of aliphatic hydroxyl groups is 1. The van der Waals surface area contributed by atoms with Gasteiger partial charge in [-0.2, -0.15) is 4.68 Å². The average Bonchev–Trinajstić information content (AvgIpc) is 3.44. The monoisotopic (exact) mass is 597 g/mol. The third-order valence-corrected chi connectivity index (χ3v) is 7.49. The summed E-state index contributed by atoms with van der Waals surface area (Å²) in [7, 11) is 0. The van der Waals surface area contributed by atoms with E-state index in [-0.39, 0.29) is 18.7 Å². The lowest BCUT2D eigenvalue weighted by molar-refractivity contribution is 0.0196. The normalized spacial score (nSPS) is 15.5. The molecule has 11 nitrogen and oxygen atoms in total. The van der Waals surface area contributed by atoms with Gasteiger partial charge in [0.05, 0.1) is 23.9 Å². The number of pyridine rings is 2. The number of amides is 2. The molecule has 44 heavy (non-hydrogen) atoms. The van der Waals surface area contributed by atoms with Crippen molar-refractivity contribution in [2.75, 3.05) is 18.0 Å². The van der Waals surface area contributed by atoms with E-state index >= 15 is 4.39 Å². The Morgan fingerprint density at radius 3 is 2.70 bits per heavy atom. The predicted molar refractivity (Wildman–Crippen MR) is 162 cm³/mol. The summed E-state index contributed by atoms with van der Waals surface area (Å²) in [5.74, 6) is -1.01. The highest BCUT2D eigenvalue weighted by molar-refractivity contribution is 6.10. The van der Waals surface area contributed by atoms with Crippen LogP contribution in [0.1, 0.15) is 49.5 Å². The molecule has 1 aliphatic rings. The van der Waals surface area contributed by atoms with Crippen molar-refractivity contribution in [3.05, 3.63) is 83.9 Å². The number of likely N-dealkylation sites (tertiary alicyclic amines) is 1. The molecule has 2 aromatic carbocycles. The number of hydrogen-bond acceptors (Lipinski definition) is 8. The number of benzene rings is 2. The number of aromatic nitrogens is 5. The maximum atomic E-state index is 15.9. The first kappa shape index (κ1) is 29.1. The smallest absolute Gasteiger partial charge is 0.410 e. The first-order chi connectivity index (χ1) is 21.1. The summed E-state index contributed by atoms with van der Waals surface area (Å²) in [5, 5.41) is 19.3. The Morgan fingerprint density at radius 2 is 1.93 bits per heavy atom. The van der Waals surface area contributed by atoms with Gasteiger partial charge in [-0.25, -0.2) is 19.2 Å². The number of carbonyl (C=O) groups is 2. The Kier molecular flexibility index (Phi) is 7.68. The Bertz CT molecular complexity index is 1870. The molecule has 1 fully saturated rings. The van der Waals surface area contributed by atoms with Crippen LogP contribution < -0.4 is 4.90 Å². The summed E-state index contributed by atoms with van der Waals surface area (Å²) >= 11 is 0. The van der Waals surface area contributed by atoms with Crippen molar-refractivity contribution in [2.24, 2.45) is 0 Å². The first-order valence-electron chi connectivity index (χ1n) is 14.4. The van der Waals surface area contributed by atoms with Gasteiger partial charge in [0.1, 0.15) is 22.8 Å². The Morgan fingerprint density at radius 1 is 1.09 bits per heavy atom. The second-order valence-electron chi connectivity index (χ2n) is 11.8. The molecule has 1 aliphatic heterocycles. The van der Waals surface area contributed by atoms with Crippen molar-refractivity contribution in [1.29, 1.82) is 0 Å². The fourth-order valence-electron chi connectivity index (χ4n) is 5.47. The zero-order valence-corrected chi connectivity index (χ0v) is 24.6. The zero-order valence-electron chi connectivity index (χ0n) is 24.6. The molecule has 0 saturated carbocycles. The third-order valence-electron chi connectivity index (χ3n) is 7.49. The predicted octanol–water partition coefficient (Wildman–Crippen LogP) is 5.04. The van der Waals surface area contributed by atoms with Gasteiger partial charge >= 0.3 is 6.09 Å². The third kappa shape index (κ3) is 5.68. The number of hydrogen-bond donors (Lipinski definition) is 1. The van der Waals surface area contributed by atoms with Gasteiger partial charge in [0.15, 0.2) is 5.65 Å². The lowest BCUT2D eigenvalue weighted by atomic mass is 10.0. The summed E-state index contributed by atoms with van der Waals surface area (Å²) in [6, 6.07) is 14.4. The lowest BCUT2D eigenvalue weighted by Gasteiger charge is -2.39. The highest BCUT2D eigenvalue weighted by atomic mass is 19.1. The second-order valence-corrected chi connectivity index (χ2v) is 11.8. The van der Waals surface area contributed by atoms with Crippen LogP contribution in [0.3, 0.4) is 0 Å². The summed E-state index contributed by atoms with van der Waals surface area (Å²) < 4.78 is 22.9. The van der Waals surface area contributed by atoms with E-state index in [0.717, 1.165) is 5.39 Å². The van der Waals surface area contributed by atoms with Crippen LogP contribution in [0.2, 0.25) is 0 Å². The van der Waals surface area contributed by atoms with E-state index in [0.29, 0.717) is 53.0 Å². The van der Waals surface area contributed by atoms with Crippen LogP contribution in [-0.4, -0.2) is 71.7 Å². The topological polar surface area (TPSA) is 127 Å². The molecule has 226 valence electrons. The van der Waals surface area contributed by atoms with Gasteiger partial charge in [-0.05, 0) is 81.0 Å². The summed E-state index contributed by atoms with van der Waals surface area (Å²) in [6.07, 6.45) is 3.88. The summed E-state index contributed by atoms with van der Waals surface area (Å²) in [5.41, 5.74) is 1.23. The standard InChI is InChI=1S/C32H32FN7O4/c1-32(2,3)44-31(43)38-15-5-6-23(18-38)39(28-24-10-8-20(19-41)16-21(24)12-14-35-28)30(42)25-11-9-22(17-26(25)33)40-29-27(36-37-40)7-4-13-34-29/h4,7-14,16-17,23,41H,5-6,15,18-19H2,1-3H3/t23-/m1/s1. The van der Waals surface area contributed by atoms with Crippen molar-refractivity contribution < 1.29 is 23.8 Å². The molecule has 1 saturated heterocycles. The largest absolute Gasteiger partial charge is 0.444 e. The molecule has 3 aromatic heterocycles. The molecule has 0 radical (unpaired) electrons. The number of nitrogens with zero attached hydrogens (tertiary/aromatic N) is 7. The average molecular weight is 598 g/mol. The quantitative estimate of drug-likeness (QED) is 0.299. The minimum Gasteiger partial charge on any atom is -0.444 e. The van der Waals surface area contributed by atoms with Crippen LogP contribution in [-0.2, 0) is 11.3 Å². The summed E-state index contributed by atoms with van der Waals surface area (Å²) in [4.78, 5) is 39.3. The van der Waals surface area contributed by atoms with E-state index in [1.165, 1.54) is 21.7 Å². The van der Waals surface area contributed by atoms with Crippen molar-refractivity contribution >= 4 is 39.8 Å². The molecule has 6 rings (SSSR count). The number of halogens is 1. The van der Waals surface area contributed by atoms with Crippen LogP contribution in [0.4, 0.5) is 15.0 Å². The van der Waals surface area contributed by atoms with E-state index in [4.69, 9.17) is 4.74 Å². The highest BCUT2D eigenvalue weighted by Crippen LogP contribution is 2.32. The van der Waals surface area contributed by atoms with Gasteiger partial charge in [0.25, 0.3) is 5.91 Å². The molecule has 12 heteroatoms. The fourth-order valence-corrected chi connectivity index (χ4v) is 5.47. The number of carbonyl (C=O) groups excluding carboxylic acids is 2. The number of fused-ring (bicyclic) bond motifs is 2. The molecule has 5 aromatic rings. The molecule has 0 bridgehead atoms. The Hall–Kier alpha value is -4.97. The minimum absolute atomic E-state index is 0.141. The SMILES string of the molecule is CC(C)(C)OC(=O)N1CCC[C@@H](N(C(=O)c2ccc(-n3nnc4cccnc43)cc2F)c2nccc3cc(CO)ccc23)C1. The maximum absolute atomic E-state index is 15.9. The molecule has 1 N–H and O–H groups in total. The molecule has 0 aliphatic carbocycles. The highest BCUT2D eigenvalue weighted by Gasteiger charge is 2.36.